The van der Waals surface area contributed by atoms with E-state index < -0.39 is 0 Å². The smallest absolute Gasteiger partial charge is 0.123 e. The molecule has 22 heavy (non-hydrogen) atoms. The van der Waals surface area contributed by atoms with Crippen molar-refractivity contribution in [3.05, 3.63) is 65.2 Å². The van der Waals surface area contributed by atoms with Gasteiger partial charge in [-0.3, -0.25) is 4.90 Å². The maximum Gasteiger partial charge on any atom is 0.123 e. The fraction of sp³-hybridized carbons (Fsp3) is 0.368. The minimum absolute atomic E-state index is 0.847. The fourth-order valence-corrected chi connectivity index (χ4v) is 2.56. The highest BCUT2D eigenvalue weighted by Gasteiger charge is 2.07. The van der Waals surface area contributed by atoms with Gasteiger partial charge in [-0.1, -0.05) is 49.4 Å². The van der Waals surface area contributed by atoms with Crippen molar-refractivity contribution >= 4 is 0 Å². The van der Waals surface area contributed by atoms with Gasteiger partial charge in [0.1, 0.15) is 5.75 Å². The lowest BCUT2D eigenvalue weighted by atomic mass is 10.1. The van der Waals surface area contributed by atoms with Gasteiger partial charge in [-0.05, 0) is 30.8 Å². The molecule has 3 heteroatoms. The molecule has 0 aliphatic heterocycles. The fourth-order valence-electron chi connectivity index (χ4n) is 2.56. The summed E-state index contributed by atoms with van der Waals surface area (Å²) in [5.74, 6) is 0.964. The summed E-state index contributed by atoms with van der Waals surface area (Å²) in [6.45, 7) is 5.78. The van der Waals surface area contributed by atoms with Crippen molar-refractivity contribution in [2.24, 2.45) is 0 Å². The highest BCUT2D eigenvalue weighted by atomic mass is 16.5. The highest BCUT2D eigenvalue weighted by molar-refractivity contribution is 5.37. The molecule has 0 atom stereocenters. The highest BCUT2D eigenvalue weighted by Crippen LogP contribution is 2.21. The first-order valence-electron chi connectivity index (χ1n) is 7.82. The zero-order valence-corrected chi connectivity index (χ0v) is 13.8. The molecule has 0 saturated heterocycles. The van der Waals surface area contributed by atoms with Crippen LogP contribution >= 0.6 is 0 Å². The Balaban J connectivity index is 2.00. The van der Waals surface area contributed by atoms with Crippen LogP contribution in [-0.2, 0) is 19.6 Å². The Labute approximate surface area is 133 Å². The summed E-state index contributed by atoms with van der Waals surface area (Å²) in [5, 5.41) is 3.34. The summed E-state index contributed by atoms with van der Waals surface area (Å²) < 4.78 is 5.52. The monoisotopic (exact) mass is 298 g/mol. The first-order chi connectivity index (χ1) is 10.7. The van der Waals surface area contributed by atoms with Crippen molar-refractivity contribution in [3.63, 3.8) is 0 Å². The summed E-state index contributed by atoms with van der Waals surface area (Å²) >= 11 is 0. The van der Waals surface area contributed by atoms with Crippen LogP contribution in [-0.4, -0.2) is 25.6 Å². The third-order valence-corrected chi connectivity index (χ3v) is 3.66. The second-order valence-electron chi connectivity index (χ2n) is 5.58. The molecule has 0 bridgehead atoms. The van der Waals surface area contributed by atoms with E-state index >= 15 is 0 Å². The van der Waals surface area contributed by atoms with Crippen molar-refractivity contribution in [3.8, 4) is 5.75 Å². The quantitative estimate of drug-likeness (QED) is 0.808. The Morgan fingerprint density at radius 2 is 1.73 bits per heavy atom. The van der Waals surface area contributed by atoms with Crippen LogP contribution in [0.3, 0.4) is 0 Å². The summed E-state index contributed by atoms with van der Waals surface area (Å²) in [6.07, 6.45) is 0. The van der Waals surface area contributed by atoms with E-state index in [1.54, 1.807) is 7.11 Å². The summed E-state index contributed by atoms with van der Waals surface area (Å²) in [5.41, 5.74) is 3.81. The van der Waals surface area contributed by atoms with Crippen LogP contribution in [0.25, 0.3) is 0 Å². The molecule has 0 amide bonds. The number of rotatable bonds is 8. The average Bonchev–Trinajstić information content (AvgIpc) is 2.54. The Kier molecular flexibility index (Phi) is 6.44. The lowest BCUT2D eigenvalue weighted by molar-refractivity contribution is 0.318. The molecule has 2 aromatic rings. The number of nitrogens with one attached hydrogen (secondary N) is 1. The van der Waals surface area contributed by atoms with E-state index in [4.69, 9.17) is 4.74 Å². The molecule has 0 fully saturated rings. The van der Waals surface area contributed by atoms with E-state index in [0.717, 1.165) is 31.9 Å². The topological polar surface area (TPSA) is 24.5 Å². The molecule has 0 aromatic heterocycles. The van der Waals surface area contributed by atoms with Crippen LogP contribution in [0.5, 0.6) is 5.75 Å². The Morgan fingerprint density at radius 1 is 1.00 bits per heavy atom. The molecule has 0 radical (unpaired) electrons. The van der Waals surface area contributed by atoms with Crippen molar-refractivity contribution in [1.29, 1.82) is 0 Å². The number of ether oxygens (including phenoxy) is 1. The molecule has 2 aromatic carbocycles. The first-order valence-corrected chi connectivity index (χ1v) is 7.82. The predicted molar refractivity (Wildman–Crippen MR) is 92.0 cm³/mol. The molecule has 0 heterocycles. The number of benzene rings is 2. The van der Waals surface area contributed by atoms with Crippen molar-refractivity contribution in [1.82, 2.24) is 10.2 Å². The van der Waals surface area contributed by atoms with Gasteiger partial charge in [0, 0.05) is 25.2 Å². The number of hydrogen-bond acceptors (Lipinski definition) is 3. The molecule has 0 saturated carbocycles. The van der Waals surface area contributed by atoms with Gasteiger partial charge in [0.15, 0.2) is 0 Å². The largest absolute Gasteiger partial charge is 0.496 e. The summed E-state index contributed by atoms with van der Waals surface area (Å²) in [4.78, 5) is 2.31. The van der Waals surface area contributed by atoms with E-state index in [1.165, 1.54) is 16.7 Å². The second kappa shape index (κ2) is 8.57. The normalized spacial score (nSPS) is 10.9. The maximum atomic E-state index is 5.52. The molecule has 1 N–H and O–H groups in total. The van der Waals surface area contributed by atoms with Gasteiger partial charge in [0.25, 0.3) is 0 Å². The van der Waals surface area contributed by atoms with E-state index in [-0.39, 0.29) is 0 Å². The summed E-state index contributed by atoms with van der Waals surface area (Å²) in [7, 11) is 3.88. The van der Waals surface area contributed by atoms with Gasteiger partial charge >= 0.3 is 0 Å². The van der Waals surface area contributed by atoms with Gasteiger partial charge < -0.3 is 10.1 Å². The van der Waals surface area contributed by atoms with Crippen molar-refractivity contribution in [2.75, 3.05) is 20.7 Å². The molecule has 0 aliphatic rings. The molecule has 0 spiro atoms. The van der Waals surface area contributed by atoms with Crippen molar-refractivity contribution < 1.29 is 4.74 Å². The lowest BCUT2D eigenvalue weighted by Gasteiger charge is -2.18. The number of nitrogens with zero attached hydrogens (tertiary/aromatic N) is 1. The number of methoxy groups -OCH3 is 1. The Morgan fingerprint density at radius 3 is 2.41 bits per heavy atom. The standard InChI is InChI=1S/C19H26N2O/c1-4-20-13-18-11-10-17(12-19(18)22-3)15-21(2)14-16-8-6-5-7-9-16/h5-12,20H,4,13-15H2,1-3H3. The lowest BCUT2D eigenvalue weighted by Crippen LogP contribution is -2.17. The van der Waals surface area contributed by atoms with E-state index in [2.05, 4.69) is 72.7 Å². The van der Waals surface area contributed by atoms with Crippen LogP contribution in [0, 0.1) is 0 Å². The molecular weight excluding hydrogens is 272 g/mol. The molecule has 118 valence electrons. The third-order valence-electron chi connectivity index (χ3n) is 3.66. The number of hydrogen-bond donors (Lipinski definition) is 1. The van der Waals surface area contributed by atoms with E-state index in [1.807, 2.05) is 0 Å². The van der Waals surface area contributed by atoms with Crippen LogP contribution in [0.1, 0.15) is 23.6 Å². The Bertz CT molecular complexity index is 569. The van der Waals surface area contributed by atoms with Gasteiger partial charge in [-0.15, -0.1) is 0 Å². The molecule has 0 aliphatic carbocycles. The van der Waals surface area contributed by atoms with Crippen LogP contribution in [0.4, 0.5) is 0 Å². The van der Waals surface area contributed by atoms with Crippen molar-refractivity contribution in [2.45, 2.75) is 26.6 Å². The predicted octanol–water partition coefficient (Wildman–Crippen LogP) is 3.44. The van der Waals surface area contributed by atoms with Gasteiger partial charge in [-0.2, -0.15) is 0 Å². The molecule has 0 unspecified atom stereocenters. The zero-order chi connectivity index (χ0) is 15.8. The molecular formula is C19H26N2O. The minimum Gasteiger partial charge on any atom is -0.496 e. The van der Waals surface area contributed by atoms with Crippen LogP contribution in [0.2, 0.25) is 0 Å². The van der Waals surface area contributed by atoms with E-state index in [9.17, 15) is 0 Å². The van der Waals surface area contributed by atoms with Gasteiger partial charge in [0.2, 0.25) is 0 Å². The average molecular weight is 298 g/mol. The summed E-state index contributed by atoms with van der Waals surface area (Å²) in [6, 6.07) is 17.0. The molecule has 2 rings (SSSR count). The first kappa shape index (κ1) is 16.5. The van der Waals surface area contributed by atoms with Crippen LogP contribution in [0.15, 0.2) is 48.5 Å². The van der Waals surface area contributed by atoms with Gasteiger partial charge in [0.05, 0.1) is 7.11 Å². The SMILES string of the molecule is CCNCc1ccc(CN(C)Cc2ccccc2)cc1OC. The van der Waals surface area contributed by atoms with Gasteiger partial charge in [-0.25, -0.2) is 0 Å². The maximum absolute atomic E-state index is 5.52. The molecule has 3 nitrogen and oxygen atoms in total. The second-order valence-corrected chi connectivity index (χ2v) is 5.58. The van der Waals surface area contributed by atoms with Crippen LogP contribution < -0.4 is 10.1 Å². The Hall–Kier alpha value is -1.84. The van der Waals surface area contributed by atoms with E-state index in [0.29, 0.717) is 0 Å². The zero-order valence-electron chi connectivity index (χ0n) is 13.8. The third kappa shape index (κ3) is 4.86. The minimum atomic E-state index is 0.847.